The Balaban J connectivity index is 1.59. The van der Waals surface area contributed by atoms with Gasteiger partial charge in [-0.2, -0.15) is 9.67 Å². The molecule has 2 heterocycles. The molecule has 0 radical (unpaired) electrons. The molecule has 29 heavy (non-hydrogen) atoms. The molecule has 0 spiro atoms. The van der Waals surface area contributed by atoms with E-state index < -0.39 is 23.1 Å². The second kappa shape index (κ2) is 7.15. The number of nitrogens with one attached hydrogen (secondary N) is 1. The fourth-order valence-electron chi connectivity index (χ4n) is 2.74. The Morgan fingerprint density at radius 1 is 1.14 bits per heavy atom. The molecule has 0 atom stereocenters. The first-order chi connectivity index (χ1) is 13.9. The molecule has 0 aliphatic carbocycles. The molecule has 0 saturated heterocycles. The van der Waals surface area contributed by atoms with Gasteiger partial charge in [-0.25, -0.2) is 13.8 Å². The first-order valence-corrected chi connectivity index (χ1v) is 8.51. The van der Waals surface area contributed by atoms with Crippen LogP contribution in [-0.2, 0) is 0 Å². The van der Waals surface area contributed by atoms with Gasteiger partial charge in [-0.3, -0.25) is 4.79 Å². The van der Waals surface area contributed by atoms with Gasteiger partial charge in [0.25, 0.3) is 5.91 Å². The van der Waals surface area contributed by atoms with Crippen LogP contribution in [0.5, 0.6) is 0 Å². The van der Waals surface area contributed by atoms with Gasteiger partial charge >= 0.3 is 0 Å². The summed E-state index contributed by atoms with van der Waals surface area (Å²) in [4.78, 5) is 20.5. The monoisotopic (exact) mass is 395 g/mol. The van der Waals surface area contributed by atoms with Crippen LogP contribution in [0.15, 0.2) is 55.1 Å². The number of nitrogens with two attached hydrogens (primary N) is 1. The molecule has 0 fully saturated rings. The van der Waals surface area contributed by atoms with E-state index in [2.05, 4.69) is 20.4 Å². The minimum absolute atomic E-state index is 0.0136. The Morgan fingerprint density at radius 3 is 2.59 bits per heavy atom. The van der Waals surface area contributed by atoms with Gasteiger partial charge in [-0.05, 0) is 42.8 Å². The number of nitrogen functional groups attached to an aromatic ring is 1. The highest BCUT2D eigenvalue weighted by Crippen LogP contribution is 2.21. The van der Waals surface area contributed by atoms with Crippen LogP contribution in [0.1, 0.15) is 15.9 Å². The molecule has 0 unspecified atom stereocenters. The predicted molar refractivity (Wildman–Crippen MR) is 102 cm³/mol. The first-order valence-electron chi connectivity index (χ1n) is 8.51. The third-order valence-electron chi connectivity index (χ3n) is 4.25. The van der Waals surface area contributed by atoms with E-state index in [9.17, 15) is 13.6 Å². The average Bonchev–Trinajstić information content (AvgIpc) is 3.36. The van der Waals surface area contributed by atoms with Crippen molar-refractivity contribution in [2.45, 2.75) is 6.92 Å². The van der Waals surface area contributed by atoms with Crippen LogP contribution in [0, 0.1) is 18.6 Å². The first kappa shape index (κ1) is 18.3. The number of aromatic nitrogens is 5. The molecule has 146 valence electrons. The fraction of sp³-hybridized carbons (Fsp3) is 0.0526. The van der Waals surface area contributed by atoms with Crippen molar-refractivity contribution in [1.82, 2.24) is 24.3 Å². The van der Waals surface area contributed by atoms with Crippen molar-refractivity contribution >= 4 is 23.5 Å². The number of hydrogen-bond donors (Lipinski definition) is 2. The molecule has 3 N–H and O–H groups in total. The fourth-order valence-corrected chi connectivity index (χ4v) is 2.74. The van der Waals surface area contributed by atoms with Gasteiger partial charge in [-0.15, -0.1) is 5.10 Å². The maximum absolute atomic E-state index is 14.3. The van der Waals surface area contributed by atoms with Crippen LogP contribution in [0.4, 0.5) is 26.4 Å². The number of benzene rings is 2. The van der Waals surface area contributed by atoms with E-state index in [-0.39, 0.29) is 17.5 Å². The van der Waals surface area contributed by atoms with Crippen molar-refractivity contribution < 1.29 is 13.6 Å². The zero-order valence-electron chi connectivity index (χ0n) is 15.2. The van der Waals surface area contributed by atoms with E-state index in [4.69, 9.17) is 5.73 Å². The second-order valence-corrected chi connectivity index (χ2v) is 6.21. The zero-order valence-corrected chi connectivity index (χ0v) is 15.2. The average molecular weight is 395 g/mol. The van der Waals surface area contributed by atoms with Crippen molar-refractivity contribution in [3.8, 4) is 5.69 Å². The second-order valence-electron chi connectivity index (χ2n) is 6.21. The molecule has 0 aliphatic rings. The number of carbonyl (C=O) groups excluding carboxylic acids is 1. The number of aryl methyl sites for hydroxylation is 1. The van der Waals surface area contributed by atoms with E-state index in [1.54, 1.807) is 24.7 Å². The molecule has 4 aromatic rings. The maximum Gasteiger partial charge on any atom is 0.287 e. The smallest absolute Gasteiger partial charge is 0.287 e. The van der Waals surface area contributed by atoms with Gasteiger partial charge in [0, 0.05) is 23.8 Å². The molecule has 0 bridgehead atoms. The van der Waals surface area contributed by atoms with Gasteiger partial charge in [-0.1, -0.05) is 6.07 Å². The number of rotatable bonds is 4. The summed E-state index contributed by atoms with van der Waals surface area (Å²) in [7, 11) is 0. The van der Waals surface area contributed by atoms with Gasteiger partial charge in [0.1, 0.15) is 17.2 Å². The summed E-state index contributed by atoms with van der Waals surface area (Å²) in [6.07, 6.45) is 5.14. The van der Waals surface area contributed by atoms with Gasteiger partial charge in [0.2, 0.25) is 11.9 Å². The van der Waals surface area contributed by atoms with Crippen molar-refractivity contribution in [1.29, 1.82) is 0 Å². The standard InChI is InChI=1S/C19H15F2N7O/c1-11-2-7-14(20)15(16(11)21)17(29)28-18(22)25-19(26-28)24-12-3-5-13(6-4-12)27-9-8-23-10-27/h2-10H,1H3,(H3,22,24,25,26). The van der Waals surface area contributed by atoms with Gasteiger partial charge in [0.15, 0.2) is 0 Å². The van der Waals surface area contributed by atoms with Crippen molar-refractivity contribution in [2.24, 2.45) is 0 Å². The molecule has 0 saturated carbocycles. The molecule has 2 aromatic carbocycles. The summed E-state index contributed by atoms with van der Waals surface area (Å²) < 4.78 is 30.8. The lowest BCUT2D eigenvalue weighted by atomic mass is 10.1. The Hall–Kier alpha value is -4.08. The zero-order chi connectivity index (χ0) is 20.5. The summed E-state index contributed by atoms with van der Waals surface area (Å²) in [5.74, 6) is -3.29. The molecule has 0 amide bonds. The maximum atomic E-state index is 14.3. The topological polar surface area (TPSA) is 104 Å². The molecular weight excluding hydrogens is 380 g/mol. The summed E-state index contributed by atoms with van der Waals surface area (Å²) in [6.45, 7) is 1.43. The molecular formula is C19H15F2N7O. The third-order valence-corrected chi connectivity index (χ3v) is 4.25. The number of nitrogens with zero attached hydrogens (tertiary/aromatic N) is 5. The van der Waals surface area contributed by atoms with E-state index in [0.717, 1.165) is 11.8 Å². The Morgan fingerprint density at radius 2 is 1.90 bits per heavy atom. The summed E-state index contributed by atoms with van der Waals surface area (Å²) in [5, 5.41) is 6.83. The van der Waals surface area contributed by atoms with Crippen LogP contribution in [0.2, 0.25) is 0 Å². The highest BCUT2D eigenvalue weighted by Gasteiger charge is 2.24. The van der Waals surface area contributed by atoms with Crippen LogP contribution in [0.25, 0.3) is 5.69 Å². The summed E-state index contributed by atoms with van der Waals surface area (Å²) >= 11 is 0. The quantitative estimate of drug-likeness (QED) is 0.550. The number of imidazole rings is 1. The van der Waals surface area contributed by atoms with E-state index in [0.29, 0.717) is 10.4 Å². The van der Waals surface area contributed by atoms with Crippen LogP contribution in [-0.4, -0.2) is 30.2 Å². The van der Waals surface area contributed by atoms with Crippen molar-refractivity contribution in [3.63, 3.8) is 0 Å². The van der Waals surface area contributed by atoms with Crippen LogP contribution in [0.3, 0.4) is 0 Å². The normalized spacial score (nSPS) is 10.9. The van der Waals surface area contributed by atoms with E-state index in [1.165, 1.54) is 13.0 Å². The van der Waals surface area contributed by atoms with Gasteiger partial charge in [0.05, 0.1) is 6.33 Å². The highest BCUT2D eigenvalue weighted by atomic mass is 19.1. The van der Waals surface area contributed by atoms with Crippen molar-refractivity contribution in [3.05, 3.63) is 77.9 Å². The number of halogens is 2. The summed E-state index contributed by atoms with van der Waals surface area (Å²) in [5.41, 5.74) is 6.65. The predicted octanol–water partition coefficient (Wildman–Crippen LogP) is 3.06. The summed E-state index contributed by atoms with van der Waals surface area (Å²) in [6, 6.07) is 9.48. The van der Waals surface area contributed by atoms with Crippen LogP contribution < -0.4 is 11.1 Å². The molecule has 8 nitrogen and oxygen atoms in total. The lowest BCUT2D eigenvalue weighted by molar-refractivity contribution is 0.0939. The van der Waals surface area contributed by atoms with E-state index >= 15 is 0 Å². The minimum atomic E-state index is -1.04. The SMILES string of the molecule is Cc1ccc(F)c(C(=O)n2nc(Nc3ccc(-n4ccnc4)cc3)nc2N)c1F. The molecule has 10 heteroatoms. The number of carbonyl (C=O) groups is 1. The largest absolute Gasteiger partial charge is 0.368 e. The van der Waals surface area contributed by atoms with Crippen molar-refractivity contribution in [2.75, 3.05) is 11.1 Å². The minimum Gasteiger partial charge on any atom is -0.368 e. The third kappa shape index (κ3) is 3.43. The number of anilines is 3. The lowest BCUT2D eigenvalue weighted by Crippen LogP contribution is -2.20. The lowest BCUT2D eigenvalue weighted by Gasteiger charge is -2.06. The molecule has 0 aliphatic heterocycles. The Kier molecular flexibility index (Phi) is 4.51. The van der Waals surface area contributed by atoms with Gasteiger partial charge < -0.3 is 15.6 Å². The highest BCUT2D eigenvalue weighted by molar-refractivity contribution is 5.97. The molecule has 2 aromatic heterocycles. The number of hydrogen-bond acceptors (Lipinski definition) is 6. The van der Waals surface area contributed by atoms with E-state index in [1.807, 2.05) is 22.9 Å². The molecule has 4 rings (SSSR count). The Labute approximate surface area is 163 Å². The van der Waals surface area contributed by atoms with Crippen LogP contribution >= 0.6 is 0 Å². The Bertz CT molecular complexity index is 1180.